The van der Waals surface area contributed by atoms with Gasteiger partial charge in [0, 0.05) is 0 Å². The Labute approximate surface area is 264 Å². The average molecular weight is 595 g/mol. The van der Waals surface area contributed by atoms with E-state index in [2.05, 4.69) is 48.1 Å². The van der Waals surface area contributed by atoms with E-state index in [4.69, 9.17) is 19.9 Å². The normalized spacial score (nSPS) is 11.3. The fourth-order valence-electron chi connectivity index (χ4n) is 5.34. The summed E-state index contributed by atoms with van der Waals surface area (Å²) in [6, 6.07) is 11.8. The zero-order valence-electron chi connectivity index (χ0n) is 27.4. The first-order valence-corrected chi connectivity index (χ1v) is 17.1. The lowest BCUT2D eigenvalue weighted by atomic mass is 10.1. The summed E-state index contributed by atoms with van der Waals surface area (Å²) in [4.78, 5) is 19.8. The quantitative estimate of drug-likeness (QED) is 0.0992. The third-order valence-electron chi connectivity index (χ3n) is 7.97. The van der Waals surface area contributed by atoms with Crippen LogP contribution in [0.15, 0.2) is 36.4 Å². The molecule has 0 spiro atoms. The minimum Gasteiger partial charge on any atom is -0.243 e. The van der Waals surface area contributed by atoms with E-state index < -0.39 is 0 Å². The molecule has 0 saturated heterocycles. The van der Waals surface area contributed by atoms with Gasteiger partial charge in [0.1, 0.15) is 11.4 Å². The predicted molar refractivity (Wildman–Crippen MR) is 178 cm³/mol. The summed E-state index contributed by atoms with van der Waals surface area (Å²) in [6.07, 6.45) is 17.6. The van der Waals surface area contributed by atoms with Crippen LogP contribution in [0.1, 0.15) is 128 Å². The van der Waals surface area contributed by atoms with E-state index in [9.17, 15) is 0 Å². The molecule has 0 unspecified atom stereocenters. The highest BCUT2D eigenvalue weighted by Gasteiger charge is 2.15. The molecule has 0 atom stereocenters. The summed E-state index contributed by atoms with van der Waals surface area (Å²) in [5.74, 6) is 1.13. The van der Waals surface area contributed by atoms with Crippen molar-refractivity contribution >= 4 is 0 Å². The average Bonchev–Trinajstić information content (AvgIpc) is 3.06. The topological polar surface area (TPSA) is 103 Å². The Kier molecular flexibility index (Phi) is 13.7. The number of hydrogen-bond donors (Lipinski definition) is 0. The Bertz CT molecular complexity index is 1330. The highest BCUT2D eigenvalue weighted by atomic mass is 15.2. The molecule has 8 nitrogen and oxygen atoms in total. The van der Waals surface area contributed by atoms with Crippen LogP contribution in [0.3, 0.4) is 0 Å². The lowest BCUT2D eigenvalue weighted by molar-refractivity contribution is 0.660. The third kappa shape index (κ3) is 9.66. The molecule has 0 aliphatic carbocycles. The highest BCUT2D eigenvalue weighted by Crippen LogP contribution is 2.23. The largest absolute Gasteiger partial charge is 0.243 e. The molecule has 0 N–H and O–H groups in total. The van der Waals surface area contributed by atoms with E-state index in [0.717, 1.165) is 85.5 Å². The van der Waals surface area contributed by atoms with Crippen LogP contribution >= 0.6 is 0 Å². The van der Waals surface area contributed by atoms with E-state index >= 15 is 0 Å². The summed E-state index contributed by atoms with van der Waals surface area (Å²) in [7, 11) is 0. The molecule has 4 aromatic rings. The van der Waals surface area contributed by atoms with Gasteiger partial charge in [-0.15, -0.1) is 10.2 Å². The highest BCUT2D eigenvalue weighted by molar-refractivity contribution is 5.62. The Hall–Kier alpha value is -3.68. The maximum Gasteiger partial charge on any atom is 0.200 e. The van der Waals surface area contributed by atoms with Crippen LogP contribution in [0.4, 0.5) is 0 Å². The fourth-order valence-corrected chi connectivity index (χ4v) is 5.34. The van der Waals surface area contributed by atoms with Gasteiger partial charge in [0.2, 0.25) is 11.6 Å². The Morgan fingerprint density at radius 2 is 0.705 bits per heavy atom. The maximum atomic E-state index is 4.98. The van der Waals surface area contributed by atoms with Crippen molar-refractivity contribution in [1.29, 1.82) is 0 Å². The minimum absolute atomic E-state index is 0.566. The van der Waals surface area contributed by atoms with Gasteiger partial charge in [0.05, 0.1) is 34.2 Å². The lowest BCUT2D eigenvalue weighted by Gasteiger charge is -2.10. The van der Waals surface area contributed by atoms with E-state index in [0.29, 0.717) is 23.0 Å². The molecule has 0 aliphatic rings. The van der Waals surface area contributed by atoms with Crippen LogP contribution in [0.25, 0.3) is 34.4 Å². The van der Waals surface area contributed by atoms with Crippen LogP contribution < -0.4 is 0 Å². The van der Waals surface area contributed by atoms with Crippen molar-refractivity contribution in [3.05, 3.63) is 59.2 Å². The molecule has 4 heterocycles. The van der Waals surface area contributed by atoms with Crippen LogP contribution in [-0.4, -0.2) is 40.3 Å². The molecule has 0 aliphatic heterocycles. The summed E-state index contributed by atoms with van der Waals surface area (Å²) >= 11 is 0. The second-order valence-corrected chi connectivity index (χ2v) is 11.7. The molecule has 0 bridgehead atoms. The van der Waals surface area contributed by atoms with Crippen LogP contribution in [0.2, 0.25) is 0 Å². The number of unbranched alkanes of at least 4 members (excludes halogenated alkanes) is 8. The van der Waals surface area contributed by atoms with E-state index in [-0.39, 0.29) is 0 Å². The van der Waals surface area contributed by atoms with Gasteiger partial charge in [-0.1, -0.05) is 91.2 Å². The van der Waals surface area contributed by atoms with Crippen molar-refractivity contribution in [1.82, 2.24) is 40.3 Å². The second kappa shape index (κ2) is 18.2. The monoisotopic (exact) mass is 594 g/mol. The molecule has 4 aromatic heterocycles. The van der Waals surface area contributed by atoms with Gasteiger partial charge in [0.15, 0.2) is 0 Å². The number of pyridine rings is 2. The maximum absolute atomic E-state index is 4.98. The van der Waals surface area contributed by atoms with E-state index in [1.807, 2.05) is 36.4 Å². The van der Waals surface area contributed by atoms with Crippen molar-refractivity contribution in [2.75, 3.05) is 0 Å². The van der Waals surface area contributed by atoms with Crippen molar-refractivity contribution < 1.29 is 0 Å². The van der Waals surface area contributed by atoms with Gasteiger partial charge < -0.3 is 0 Å². The molecule has 0 amide bonds. The van der Waals surface area contributed by atoms with E-state index in [1.54, 1.807) is 0 Å². The standard InChI is InChI=1S/C36H50N8/c1-5-9-13-19-29-31(21-15-11-7-3)41-43-35(39-29)33-25-17-23-27(37-33)28-24-18-26-34(38-28)36-40-30(20-14-10-6-2)32(42-44-36)22-16-12-8-4/h17-18,23-26H,5-16,19-22H2,1-4H3. The summed E-state index contributed by atoms with van der Waals surface area (Å²) in [5.41, 5.74) is 7.08. The number of nitrogens with zero attached hydrogens (tertiary/aromatic N) is 8. The Balaban J connectivity index is 1.60. The molecule has 0 aromatic carbocycles. The molecular formula is C36H50N8. The zero-order chi connectivity index (χ0) is 31.0. The summed E-state index contributed by atoms with van der Waals surface area (Å²) < 4.78 is 0. The number of rotatable bonds is 19. The summed E-state index contributed by atoms with van der Waals surface area (Å²) in [5, 5.41) is 18.3. The van der Waals surface area contributed by atoms with Crippen LogP contribution in [0.5, 0.6) is 0 Å². The lowest BCUT2D eigenvalue weighted by Crippen LogP contribution is -2.08. The second-order valence-electron chi connectivity index (χ2n) is 11.7. The van der Waals surface area contributed by atoms with E-state index in [1.165, 1.54) is 51.4 Å². The van der Waals surface area contributed by atoms with Crippen molar-refractivity contribution in [3.63, 3.8) is 0 Å². The smallest absolute Gasteiger partial charge is 0.200 e. The third-order valence-corrected chi connectivity index (χ3v) is 7.97. The van der Waals surface area contributed by atoms with Crippen molar-refractivity contribution in [3.8, 4) is 34.4 Å². The van der Waals surface area contributed by atoms with Crippen molar-refractivity contribution in [2.24, 2.45) is 0 Å². The summed E-state index contributed by atoms with van der Waals surface area (Å²) in [6.45, 7) is 8.89. The Morgan fingerprint density at radius 1 is 0.364 bits per heavy atom. The number of aromatic nitrogens is 8. The number of hydrogen-bond acceptors (Lipinski definition) is 8. The van der Waals surface area contributed by atoms with Crippen LogP contribution in [-0.2, 0) is 25.7 Å². The first-order valence-electron chi connectivity index (χ1n) is 17.1. The molecular weight excluding hydrogens is 544 g/mol. The zero-order valence-corrected chi connectivity index (χ0v) is 27.4. The van der Waals surface area contributed by atoms with Crippen LogP contribution in [0, 0.1) is 0 Å². The first-order chi connectivity index (χ1) is 21.7. The molecule has 0 fully saturated rings. The predicted octanol–water partition coefficient (Wildman–Crippen LogP) is 8.78. The molecule has 0 radical (unpaired) electrons. The molecule has 44 heavy (non-hydrogen) atoms. The molecule has 234 valence electrons. The molecule has 4 rings (SSSR count). The molecule has 8 heteroatoms. The van der Waals surface area contributed by atoms with Gasteiger partial charge in [-0.2, -0.15) is 10.2 Å². The fraction of sp³-hybridized carbons (Fsp3) is 0.556. The molecule has 0 saturated carbocycles. The van der Waals surface area contributed by atoms with Gasteiger partial charge >= 0.3 is 0 Å². The SMILES string of the molecule is CCCCCc1nnc(-c2cccc(-c3cccc(-c4nnc(CCCCC)c(CCCCC)n4)n3)n2)nc1CCCCC. The van der Waals surface area contributed by atoms with Gasteiger partial charge in [0.25, 0.3) is 0 Å². The Morgan fingerprint density at radius 3 is 1.07 bits per heavy atom. The first kappa shape index (κ1) is 33.2. The minimum atomic E-state index is 0.566. The van der Waals surface area contributed by atoms with Gasteiger partial charge in [-0.3, -0.25) is 0 Å². The van der Waals surface area contributed by atoms with Gasteiger partial charge in [-0.25, -0.2) is 19.9 Å². The number of aryl methyl sites for hydroxylation is 4. The van der Waals surface area contributed by atoms with Gasteiger partial charge in [-0.05, 0) is 75.6 Å². The van der Waals surface area contributed by atoms with Crippen molar-refractivity contribution in [2.45, 2.75) is 130 Å².